The Morgan fingerprint density at radius 1 is 1.62 bits per heavy atom. The molecule has 1 aromatic carbocycles. The Kier molecular flexibility index (Phi) is 3.14. The number of hydrogen-bond donors (Lipinski definition) is 0. The van der Waals surface area contributed by atoms with Gasteiger partial charge in [-0.15, -0.1) is 0 Å². The average molecular weight is 200 g/mol. The second kappa shape index (κ2) is 4.14. The highest BCUT2D eigenvalue weighted by Gasteiger charge is 2.00. The van der Waals surface area contributed by atoms with Gasteiger partial charge in [0.05, 0.1) is 11.0 Å². The van der Waals surface area contributed by atoms with E-state index in [1.165, 1.54) is 0 Å². The summed E-state index contributed by atoms with van der Waals surface area (Å²) in [6.45, 7) is 1.40. The summed E-state index contributed by atoms with van der Waals surface area (Å²) in [6, 6.07) is 5.11. The molecule has 0 saturated heterocycles. The van der Waals surface area contributed by atoms with Crippen molar-refractivity contribution < 1.29 is 14.6 Å². The molecule has 0 radical (unpaired) electrons. The van der Waals surface area contributed by atoms with Gasteiger partial charge in [0.2, 0.25) is 0 Å². The number of ether oxygens (including phenoxy) is 1. The third kappa shape index (κ3) is 2.95. The van der Waals surface area contributed by atoms with Crippen molar-refractivity contribution >= 4 is 17.6 Å². The molecule has 0 aliphatic rings. The smallest absolute Gasteiger partial charge is 0.138 e. The van der Waals surface area contributed by atoms with E-state index in [2.05, 4.69) is 0 Å². The number of carbonyl (C=O) groups is 1. The van der Waals surface area contributed by atoms with Gasteiger partial charge in [0.25, 0.3) is 0 Å². The fourth-order valence-corrected chi connectivity index (χ4v) is 1.15. The lowest BCUT2D eigenvalue weighted by atomic mass is 10.2. The predicted molar refractivity (Wildman–Crippen MR) is 46.7 cm³/mol. The average Bonchev–Trinajstić information content (AvgIpc) is 2.02. The number of benzene rings is 1. The van der Waals surface area contributed by atoms with Gasteiger partial charge in [-0.2, -0.15) is 0 Å². The first-order valence-electron chi connectivity index (χ1n) is 3.68. The second-order valence-electron chi connectivity index (χ2n) is 2.59. The van der Waals surface area contributed by atoms with E-state index in [9.17, 15) is 9.90 Å². The van der Waals surface area contributed by atoms with Gasteiger partial charge in [-0.1, -0.05) is 17.7 Å². The molecule has 0 saturated carbocycles. The van der Waals surface area contributed by atoms with Crippen molar-refractivity contribution in [2.75, 3.05) is 6.61 Å². The molecule has 0 heterocycles. The topological polar surface area (TPSA) is 49.4 Å². The van der Waals surface area contributed by atoms with Crippen LogP contribution in [0.2, 0.25) is 5.02 Å². The van der Waals surface area contributed by atoms with Crippen LogP contribution in [0.5, 0.6) is 5.75 Å². The van der Waals surface area contributed by atoms with Gasteiger partial charge in [-0.3, -0.25) is 0 Å². The predicted octanol–water partition coefficient (Wildman–Crippen LogP) is 0.777. The Hall–Kier alpha value is -1.22. The molecule has 0 aromatic heterocycles. The molecule has 0 spiro atoms. The summed E-state index contributed by atoms with van der Waals surface area (Å²) in [7, 11) is 0. The van der Waals surface area contributed by atoms with Crippen LogP contribution in [0.1, 0.15) is 5.56 Å². The van der Waals surface area contributed by atoms with Crippen molar-refractivity contribution in [3.05, 3.63) is 28.8 Å². The third-order valence-electron chi connectivity index (χ3n) is 1.43. The summed E-state index contributed by atoms with van der Waals surface area (Å²) in [4.78, 5) is 10.1. The van der Waals surface area contributed by atoms with Crippen molar-refractivity contribution in [1.29, 1.82) is 0 Å². The quantitative estimate of drug-likeness (QED) is 0.723. The Bertz CT molecular complexity index is 323. The second-order valence-corrected chi connectivity index (χ2v) is 3.00. The number of aliphatic carboxylic acids is 1. The van der Waals surface area contributed by atoms with Crippen LogP contribution in [-0.4, -0.2) is 12.6 Å². The largest absolute Gasteiger partial charge is 0.546 e. The molecule has 70 valence electrons. The molecule has 4 heteroatoms. The monoisotopic (exact) mass is 199 g/mol. The molecule has 0 aliphatic heterocycles. The molecule has 0 unspecified atom stereocenters. The molecule has 1 rings (SSSR count). The Morgan fingerprint density at radius 3 is 2.85 bits per heavy atom. The van der Waals surface area contributed by atoms with E-state index < -0.39 is 12.6 Å². The van der Waals surface area contributed by atoms with Gasteiger partial charge in [0.1, 0.15) is 12.4 Å². The highest BCUT2D eigenvalue weighted by atomic mass is 35.5. The van der Waals surface area contributed by atoms with Crippen LogP contribution in [0.25, 0.3) is 0 Å². The van der Waals surface area contributed by atoms with E-state index in [-0.39, 0.29) is 0 Å². The maximum Gasteiger partial charge on any atom is 0.138 e. The molecule has 0 amide bonds. The van der Waals surface area contributed by atoms with E-state index in [1.54, 1.807) is 18.2 Å². The highest BCUT2D eigenvalue weighted by molar-refractivity contribution is 6.32. The van der Waals surface area contributed by atoms with Gasteiger partial charge >= 0.3 is 0 Å². The van der Waals surface area contributed by atoms with Gasteiger partial charge in [-0.05, 0) is 24.6 Å². The Balaban J connectivity index is 2.72. The van der Waals surface area contributed by atoms with E-state index in [0.717, 1.165) is 5.56 Å². The molecule has 13 heavy (non-hydrogen) atoms. The molecule has 0 atom stereocenters. The normalized spacial score (nSPS) is 9.69. The van der Waals surface area contributed by atoms with Gasteiger partial charge in [-0.25, -0.2) is 0 Å². The maximum absolute atomic E-state index is 10.1. The zero-order chi connectivity index (χ0) is 9.84. The van der Waals surface area contributed by atoms with Crippen LogP contribution in [0.3, 0.4) is 0 Å². The lowest BCUT2D eigenvalue weighted by Gasteiger charge is -2.08. The summed E-state index contributed by atoms with van der Waals surface area (Å²) < 4.78 is 4.86. The number of aryl methyl sites for hydroxylation is 1. The van der Waals surface area contributed by atoms with Crippen molar-refractivity contribution in [1.82, 2.24) is 0 Å². The summed E-state index contributed by atoms with van der Waals surface area (Å²) >= 11 is 5.77. The molecule has 0 fully saturated rings. The fourth-order valence-electron chi connectivity index (χ4n) is 0.860. The summed E-state index contributed by atoms with van der Waals surface area (Å²) in [6.07, 6.45) is 0. The minimum atomic E-state index is -1.27. The standard InChI is InChI=1S/C9H9ClO3/c1-6-2-3-8(7(10)4-6)13-5-9(11)12/h2-4H,5H2,1H3,(H,11,12)/p-1. The summed E-state index contributed by atoms with van der Waals surface area (Å²) in [5.41, 5.74) is 0.991. The lowest BCUT2D eigenvalue weighted by molar-refractivity contribution is -0.307. The van der Waals surface area contributed by atoms with E-state index in [1.807, 2.05) is 6.92 Å². The van der Waals surface area contributed by atoms with Gasteiger partial charge in [0.15, 0.2) is 0 Å². The number of halogens is 1. The van der Waals surface area contributed by atoms with E-state index in [4.69, 9.17) is 16.3 Å². The van der Waals surface area contributed by atoms with Crippen LogP contribution in [-0.2, 0) is 4.79 Å². The van der Waals surface area contributed by atoms with Crippen LogP contribution >= 0.6 is 11.6 Å². The Labute approximate surface area is 80.9 Å². The zero-order valence-electron chi connectivity index (χ0n) is 7.04. The first-order chi connectivity index (χ1) is 6.09. The molecule has 0 N–H and O–H groups in total. The number of carboxylic acid groups (broad SMARTS) is 1. The van der Waals surface area contributed by atoms with Crippen LogP contribution in [0.4, 0.5) is 0 Å². The molecule has 0 aliphatic carbocycles. The minimum Gasteiger partial charge on any atom is -0.546 e. The van der Waals surface area contributed by atoms with Crippen molar-refractivity contribution in [3.63, 3.8) is 0 Å². The molecule has 3 nitrogen and oxygen atoms in total. The maximum atomic E-state index is 10.1. The first-order valence-corrected chi connectivity index (χ1v) is 4.06. The first kappa shape index (κ1) is 9.86. The number of rotatable bonds is 3. The number of hydrogen-bond acceptors (Lipinski definition) is 3. The summed E-state index contributed by atoms with van der Waals surface area (Å²) in [5, 5.41) is 10.5. The number of carbonyl (C=O) groups excluding carboxylic acids is 1. The molecule has 1 aromatic rings. The number of carboxylic acids is 1. The van der Waals surface area contributed by atoms with Crippen LogP contribution in [0, 0.1) is 6.92 Å². The van der Waals surface area contributed by atoms with Crippen LogP contribution in [0.15, 0.2) is 18.2 Å². The van der Waals surface area contributed by atoms with Gasteiger partial charge in [0, 0.05) is 0 Å². The van der Waals surface area contributed by atoms with Gasteiger partial charge < -0.3 is 14.6 Å². The van der Waals surface area contributed by atoms with E-state index >= 15 is 0 Å². The highest BCUT2D eigenvalue weighted by Crippen LogP contribution is 2.24. The van der Waals surface area contributed by atoms with Crippen LogP contribution < -0.4 is 9.84 Å². The zero-order valence-corrected chi connectivity index (χ0v) is 7.80. The third-order valence-corrected chi connectivity index (χ3v) is 1.73. The van der Waals surface area contributed by atoms with Crippen molar-refractivity contribution in [3.8, 4) is 5.75 Å². The fraction of sp³-hybridized carbons (Fsp3) is 0.222. The van der Waals surface area contributed by atoms with E-state index in [0.29, 0.717) is 10.8 Å². The molecular weight excluding hydrogens is 192 g/mol. The minimum absolute atomic E-state index is 0.358. The van der Waals surface area contributed by atoms with Crippen molar-refractivity contribution in [2.24, 2.45) is 0 Å². The Morgan fingerprint density at radius 2 is 2.31 bits per heavy atom. The molecular formula is C9H8ClO3-. The summed E-state index contributed by atoms with van der Waals surface area (Å²) in [5.74, 6) is -0.909. The lowest BCUT2D eigenvalue weighted by Crippen LogP contribution is -2.28. The molecule has 0 bridgehead atoms. The SMILES string of the molecule is Cc1ccc(OCC(=O)[O-])c(Cl)c1. The van der Waals surface area contributed by atoms with Crippen molar-refractivity contribution in [2.45, 2.75) is 6.92 Å².